The van der Waals surface area contributed by atoms with E-state index in [0.717, 1.165) is 30.0 Å². The number of aromatic nitrogens is 2. The minimum absolute atomic E-state index is 0.0469. The van der Waals surface area contributed by atoms with Gasteiger partial charge in [0.15, 0.2) is 0 Å². The molecule has 21 heavy (non-hydrogen) atoms. The van der Waals surface area contributed by atoms with E-state index in [-0.39, 0.29) is 6.04 Å². The SMILES string of the molecule is CCCNC(C)c1nnc(Nc2ccc(OC)c(C)c2)o1. The Hall–Kier alpha value is -2.08. The van der Waals surface area contributed by atoms with E-state index in [1.165, 1.54) is 0 Å². The number of ether oxygens (including phenoxy) is 1. The van der Waals surface area contributed by atoms with Gasteiger partial charge in [0.2, 0.25) is 5.89 Å². The maximum Gasteiger partial charge on any atom is 0.320 e. The van der Waals surface area contributed by atoms with Crippen molar-refractivity contribution in [2.75, 3.05) is 19.0 Å². The zero-order valence-electron chi connectivity index (χ0n) is 12.9. The number of hydrogen-bond donors (Lipinski definition) is 2. The molecule has 6 nitrogen and oxygen atoms in total. The van der Waals surface area contributed by atoms with Crippen molar-refractivity contribution < 1.29 is 9.15 Å². The maximum atomic E-state index is 5.62. The summed E-state index contributed by atoms with van der Waals surface area (Å²) in [6.07, 6.45) is 1.06. The number of benzene rings is 1. The molecule has 0 bridgehead atoms. The molecule has 0 saturated heterocycles. The monoisotopic (exact) mass is 290 g/mol. The van der Waals surface area contributed by atoms with Gasteiger partial charge in [-0.25, -0.2) is 0 Å². The van der Waals surface area contributed by atoms with Crippen molar-refractivity contribution >= 4 is 11.7 Å². The van der Waals surface area contributed by atoms with Crippen LogP contribution in [-0.4, -0.2) is 23.9 Å². The summed E-state index contributed by atoms with van der Waals surface area (Å²) in [6.45, 7) is 7.03. The highest BCUT2D eigenvalue weighted by atomic mass is 16.5. The van der Waals surface area contributed by atoms with E-state index in [0.29, 0.717) is 11.9 Å². The van der Waals surface area contributed by atoms with Crippen molar-refractivity contribution in [3.63, 3.8) is 0 Å². The van der Waals surface area contributed by atoms with Crippen LogP contribution in [0.15, 0.2) is 22.6 Å². The molecule has 0 fully saturated rings. The molecule has 0 aliphatic rings. The lowest BCUT2D eigenvalue weighted by Gasteiger charge is -2.08. The van der Waals surface area contributed by atoms with Gasteiger partial charge in [0, 0.05) is 5.69 Å². The molecule has 1 unspecified atom stereocenters. The average Bonchev–Trinajstić information content (AvgIpc) is 2.93. The number of methoxy groups -OCH3 is 1. The highest BCUT2D eigenvalue weighted by molar-refractivity contribution is 5.56. The van der Waals surface area contributed by atoms with Crippen molar-refractivity contribution in [2.24, 2.45) is 0 Å². The van der Waals surface area contributed by atoms with E-state index in [4.69, 9.17) is 9.15 Å². The van der Waals surface area contributed by atoms with Crippen LogP contribution in [0, 0.1) is 6.92 Å². The summed E-state index contributed by atoms with van der Waals surface area (Å²) in [6, 6.07) is 6.22. The summed E-state index contributed by atoms with van der Waals surface area (Å²) in [5.41, 5.74) is 1.93. The summed E-state index contributed by atoms with van der Waals surface area (Å²) in [5, 5.41) is 14.5. The van der Waals surface area contributed by atoms with Crippen LogP contribution in [0.3, 0.4) is 0 Å². The van der Waals surface area contributed by atoms with Gasteiger partial charge in [-0.15, -0.1) is 5.10 Å². The molecule has 1 aromatic heterocycles. The highest BCUT2D eigenvalue weighted by Gasteiger charge is 2.13. The van der Waals surface area contributed by atoms with Crippen LogP contribution in [0.25, 0.3) is 0 Å². The molecule has 0 aliphatic carbocycles. The third-order valence-electron chi connectivity index (χ3n) is 3.16. The largest absolute Gasteiger partial charge is 0.496 e. The van der Waals surface area contributed by atoms with E-state index < -0.39 is 0 Å². The molecular formula is C15H22N4O2. The molecule has 2 N–H and O–H groups in total. The molecule has 0 amide bonds. The van der Waals surface area contributed by atoms with Crippen LogP contribution in [0.5, 0.6) is 5.75 Å². The lowest BCUT2D eigenvalue weighted by atomic mass is 10.2. The van der Waals surface area contributed by atoms with Crippen LogP contribution >= 0.6 is 0 Å². The van der Waals surface area contributed by atoms with Gasteiger partial charge in [0.1, 0.15) is 5.75 Å². The summed E-state index contributed by atoms with van der Waals surface area (Å²) in [4.78, 5) is 0. The quantitative estimate of drug-likeness (QED) is 0.816. The normalized spacial score (nSPS) is 12.2. The first-order valence-corrected chi connectivity index (χ1v) is 7.12. The maximum absolute atomic E-state index is 5.62. The Morgan fingerprint density at radius 2 is 2.14 bits per heavy atom. The van der Waals surface area contributed by atoms with Crippen molar-refractivity contribution in [3.8, 4) is 5.75 Å². The second kappa shape index (κ2) is 7.08. The Morgan fingerprint density at radius 3 is 2.81 bits per heavy atom. The first-order chi connectivity index (χ1) is 10.1. The Kier molecular flexibility index (Phi) is 5.16. The number of hydrogen-bond acceptors (Lipinski definition) is 6. The molecule has 0 aliphatic heterocycles. The van der Waals surface area contributed by atoms with Crippen LogP contribution < -0.4 is 15.4 Å². The Labute approximate surface area is 124 Å². The third-order valence-corrected chi connectivity index (χ3v) is 3.16. The molecule has 0 spiro atoms. The topological polar surface area (TPSA) is 72.2 Å². The van der Waals surface area contributed by atoms with Gasteiger partial charge in [-0.2, -0.15) is 0 Å². The molecular weight excluding hydrogens is 268 g/mol. The molecule has 1 atom stereocenters. The van der Waals surface area contributed by atoms with Crippen molar-refractivity contribution in [1.82, 2.24) is 15.5 Å². The van der Waals surface area contributed by atoms with Crippen LogP contribution in [0.4, 0.5) is 11.7 Å². The van der Waals surface area contributed by atoms with E-state index in [2.05, 4.69) is 27.8 Å². The summed E-state index contributed by atoms with van der Waals surface area (Å²) in [5.74, 6) is 1.43. The van der Waals surface area contributed by atoms with Gasteiger partial charge < -0.3 is 19.8 Å². The van der Waals surface area contributed by atoms with E-state index in [1.807, 2.05) is 32.0 Å². The van der Waals surface area contributed by atoms with Crippen molar-refractivity contribution in [3.05, 3.63) is 29.7 Å². The fourth-order valence-corrected chi connectivity index (χ4v) is 1.99. The standard InChI is InChI=1S/C15H22N4O2/c1-5-8-16-11(3)14-18-19-15(21-14)17-12-6-7-13(20-4)10(2)9-12/h6-7,9,11,16H,5,8H2,1-4H3,(H,17,19). The van der Waals surface area contributed by atoms with Gasteiger partial charge in [-0.05, 0) is 50.6 Å². The van der Waals surface area contributed by atoms with E-state index >= 15 is 0 Å². The Bertz CT molecular complexity index is 583. The Balaban J connectivity index is 2.03. The predicted molar refractivity (Wildman–Crippen MR) is 82.0 cm³/mol. The smallest absolute Gasteiger partial charge is 0.320 e. The third kappa shape index (κ3) is 3.95. The van der Waals surface area contributed by atoms with Crippen molar-refractivity contribution in [1.29, 1.82) is 0 Å². The first kappa shape index (κ1) is 15.3. The summed E-state index contributed by atoms with van der Waals surface area (Å²) in [7, 11) is 1.66. The average molecular weight is 290 g/mol. The zero-order valence-corrected chi connectivity index (χ0v) is 12.9. The number of aryl methyl sites for hydroxylation is 1. The van der Waals surface area contributed by atoms with Crippen molar-refractivity contribution in [2.45, 2.75) is 33.2 Å². The van der Waals surface area contributed by atoms with E-state index in [1.54, 1.807) is 7.11 Å². The molecule has 2 rings (SSSR count). The first-order valence-electron chi connectivity index (χ1n) is 7.12. The molecule has 0 saturated carbocycles. The van der Waals surface area contributed by atoms with Gasteiger partial charge in [-0.1, -0.05) is 12.0 Å². The number of nitrogens with zero attached hydrogens (tertiary/aromatic N) is 2. The lowest BCUT2D eigenvalue weighted by molar-refractivity contribution is 0.411. The second-order valence-electron chi connectivity index (χ2n) is 4.93. The fraction of sp³-hybridized carbons (Fsp3) is 0.467. The molecule has 1 aromatic carbocycles. The van der Waals surface area contributed by atoms with E-state index in [9.17, 15) is 0 Å². The molecule has 2 aromatic rings. The zero-order chi connectivity index (χ0) is 15.2. The second-order valence-corrected chi connectivity index (χ2v) is 4.93. The molecule has 0 radical (unpaired) electrons. The number of rotatable bonds is 7. The van der Waals surface area contributed by atoms with Gasteiger partial charge in [0.05, 0.1) is 13.2 Å². The van der Waals surface area contributed by atoms with Crippen LogP contribution in [0.2, 0.25) is 0 Å². The van der Waals surface area contributed by atoms with Gasteiger partial charge >= 0.3 is 6.01 Å². The molecule has 1 heterocycles. The summed E-state index contributed by atoms with van der Waals surface area (Å²) < 4.78 is 10.9. The van der Waals surface area contributed by atoms with Crippen LogP contribution in [0.1, 0.15) is 37.8 Å². The highest BCUT2D eigenvalue weighted by Crippen LogP contribution is 2.24. The Morgan fingerprint density at radius 1 is 1.33 bits per heavy atom. The molecule has 114 valence electrons. The number of nitrogens with one attached hydrogen (secondary N) is 2. The summed E-state index contributed by atoms with van der Waals surface area (Å²) >= 11 is 0. The van der Waals surface area contributed by atoms with Gasteiger partial charge in [0.25, 0.3) is 0 Å². The minimum atomic E-state index is 0.0469. The van der Waals surface area contributed by atoms with Gasteiger partial charge in [-0.3, -0.25) is 0 Å². The molecule has 6 heteroatoms. The lowest BCUT2D eigenvalue weighted by Crippen LogP contribution is -2.19. The number of anilines is 2. The minimum Gasteiger partial charge on any atom is -0.496 e. The van der Waals surface area contributed by atoms with Crippen LogP contribution in [-0.2, 0) is 0 Å². The fourth-order valence-electron chi connectivity index (χ4n) is 1.99. The predicted octanol–water partition coefficient (Wildman–Crippen LogP) is 3.19.